The largest absolute Gasteiger partial charge is 0.744 e. The second-order valence-corrected chi connectivity index (χ2v) is 5.81. The van der Waals surface area contributed by atoms with Crippen LogP contribution in [0.2, 0.25) is 0 Å². The smallest absolute Gasteiger partial charge is 0.124 e. The van der Waals surface area contributed by atoms with Gasteiger partial charge in [0.25, 0.3) is 0 Å². The lowest BCUT2D eigenvalue weighted by Gasteiger charge is -2.21. The van der Waals surface area contributed by atoms with Crippen LogP contribution in [0.25, 0.3) is 0 Å². The van der Waals surface area contributed by atoms with Gasteiger partial charge >= 0.3 is 0 Å². The molecule has 0 fully saturated rings. The first-order valence-corrected chi connectivity index (χ1v) is 6.41. The van der Waals surface area contributed by atoms with Crippen molar-refractivity contribution in [1.82, 2.24) is 0 Å². The van der Waals surface area contributed by atoms with Crippen LogP contribution in [0.1, 0.15) is 0 Å². The first-order chi connectivity index (χ1) is 7.67. The molecule has 5 nitrogen and oxygen atoms in total. The summed E-state index contributed by atoms with van der Waals surface area (Å²) < 4.78 is 31.6. The molecule has 6 heteroatoms. The molecule has 0 aromatic heterocycles. The predicted molar refractivity (Wildman–Crippen MR) is 63.2 cm³/mol. The molecule has 97 valence electrons. The molecule has 0 saturated carbocycles. The molecule has 1 aromatic rings. The lowest BCUT2D eigenvalue weighted by molar-refractivity contribution is -0.870. The van der Waals surface area contributed by atoms with E-state index < -0.39 is 10.1 Å². The molecular formula is C11H18NO4S. The highest BCUT2D eigenvalue weighted by molar-refractivity contribution is 7.85. The van der Waals surface area contributed by atoms with E-state index >= 15 is 0 Å². The Bertz CT molecular complexity index is 409. The Kier molecular flexibility index (Phi) is 6.33. The first kappa shape index (κ1) is 16.1. The second-order valence-electron chi connectivity index (χ2n) is 4.43. The van der Waals surface area contributed by atoms with Crippen molar-refractivity contribution in [2.75, 3.05) is 34.3 Å². The molecule has 0 unspecified atom stereocenters. The van der Waals surface area contributed by atoms with Gasteiger partial charge in [0.1, 0.15) is 16.7 Å². The Morgan fingerprint density at radius 2 is 1.76 bits per heavy atom. The van der Waals surface area contributed by atoms with Crippen molar-refractivity contribution in [3.05, 3.63) is 30.3 Å². The Labute approximate surface area is 103 Å². The summed E-state index contributed by atoms with van der Waals surface area (Å²) in [5.41, 5.74) is 0. The van der Waals surface area contributed by atoms with Gasteiger partial charge in [0.15, 0.2) is 0 Å². The highest BCUT2D eigenvalue weighted by atomic mass is 32.2. The zero-order valence-corrected chi connectivity index (χ0v) is 11.1. The Balaban J connectivity index is 0.000000325. The van der Waals surface area contributed by atoms with E-state index in [-0.39, 0.29) is 11.5 Å². The summed E-state index contributed by atoms with van der Waals surface area (Å²) >= 11 is 0. The fourth-order valence-electron chi connectivity index (χ4n) is 0.838. The fraction of sp³-hybridized carbons (Fsp3) is 0.455. The van der Waals surface area contributed by atoms with Crippen LogP contribution in [0.15, 0.2) is 29.2 Å². The van der Waals surface area contributed by atoms with Gasteiger partial charge in [0, 0.05) is 0 Å². The normalized spacial score (nSPS) is 11.6. The average Bonchev–Trinajstić information content (AvgIpc) is 2.17. The van der Waals surface area contributed by atoms with E-state index in [0.717, 1.165) is 11.0 Å². The summed E-state index contributed by atoms with van der Waals surface area (Å²) in [6.07, 6.45) is 0. The van der Waals surface area contributed by atoms with Crippen LogP contribution in [0.5, 0.6) is 0 Å². The van der Waals surface area contributed by atoms with Crippen LogP contribution in [-0.2, 0) is 10.1 Å². The van der Waals surface area contributed by atoms with Gasteiger partial charge in [-0.25, -0.2) is 8.42 Å². The summed E-state index contributed by atoms with van der Waals surface area (Å²) in [5, 5.41) is 8.39. The lowest BCUT2D eigenvalue weighted by atomic mass is 10.4. The SMILES string of the molecule is C[N+](C)(C)CCO.O=S(=O)([O-])c1cc[c]cc1. The van der Waals surface area contributed by atoms with Gasteiger partial charge in [-0.2, -0.15) is 0 Å². The van der Waals surface area contributed by atoms with Crippen molar-refractivity contribution in [2.45, 2.75) is 4.90 Å². The highest BCUT2D eigenvalue weighted by Gasteiger charge is 2.02. The molecule has 1 radical (unpaired) electrons. The number of aliphatic hydroxyl groups is 1. The number of hydrogen-bond acceptors (Lipinski definition) is 4. The van der Waals surface area contributed by atoms with Crippen LogP contribution >= 0.6 is 0 Å². The third-order valence-electron chi connectivity index (χ3n) is 1.75. The number of hydrogen-bond donors (Lipinski definition) is 1. The fourth-order valence-corrected chi connectivity index (χ4v) is 1.31. The summed E-state index contributed by atoms with van der Waals surface area (Å²) in [4.78, 5) is -0.216. The summed E-state index contributed by atoms with van der Waals surface area (Å²) in [7, 11) is 1.88. The summed E-state index contributed by atoms with van der Waals surface area (Å²) in [6.45, 7) is 1.11. The van der Waals surface area contributed by atoms with E-state index in [0.29, 0.717) is 0 Å². The van der Waals surface area contributed by atoms with Crippen LogP contribution < -0.4 is 0 Å². The third kappa shape index (κ3) is 8.82. The van der Waals surface area contributed by atoms with E-state index in [1.807, 2.05) is 0 Å². The van der Waals surface area contributed by atoms with Crippen LogP contribution in [0, 0.1) is 6.07 Å². The molecule has 1 N–H and O–H groups in total. The van der Waals surface area contributed by atoms with Gasteiger partial charge in [-0.15, -0.1) is 0 Å². The van der Waals surface area contributed by atoms with Gasteiger partial charge in [0.05, 0.1) is 32.6 Å². The van der Waals surface area contributed by atoms with Crippen molar-refractivity contribution < 1.29 is 22.6 Å². The van der Waals surface area contributed by atoms with E-state index in [9.17, 15) is 13.0 Å². The average molecular weight is 260 g/mol. The van der Waals surface area contributed by atoms with Crippen molar-refractivity contribution in [3.8, 4) is 0 Å². The number of likely N-dealkylation sites (N-methyl/N-ethyl adjacent to an activating group) is 1. The molecule has 0 spiro atoms. The van der Waals surface area contributed by atoms with Gasteiger partial charge in [0.2, 0.25) is 0 Å². The minimum atomic E-state index is -4.27. The molecule has 0 aliphatic heterocycles. The lowest BCUT2D eigenvalue weighted by Crippen LogP contribution is -2.36. The predicted octanol–water partition coefficient (Wildman–Crippen LogP) is 0.0758. The molecular weight excluding hydrogens is 242 g/mol. The number of benzene rings is 1. The zero-order valence-electron chi connectivity index (χ0n) is 10.3. The van der Waals surface area contributed by atoms with Crippen LogP contribution in [0.4, 0.5) is 0 Å². The zero-order chi connectivity index (χ0) is 13.5. The number of nitrogens with zero attached hydrogens (tertiary/aromatic N) is 1. The van der Waals surface area contributed by atoms with Crippen LogP contribution in [-0.4, -0.2) is 56.9 Å². The molecule has 1 aromatic carbocycles. The topological polar surface area (TPSA) is 77.4 Å². The minimum absolute atomic E-state index is 0.216. The first-order valence-electron chi connectivity index (χ1n) is 5.00. The highest BCUT2D eigenvalue weighted by Crippen LogP contribution is 2.04. The molecule has 0 heterocycles. The third-order valence-corrected chi connectivity index (χ3v) is 2.60. The van der Waals surface area contributed by atoms with Gasteiger partial charge < -0.3 is 14.1 Å². The molecule has 0 bridgehead atoms. The van der Waals surface area contributed by atoms with E-state index in [1.54, 1.807) is 0 Å². The summed E-state index contributed by atoms with van der Waals surface area (Å²) in [6, 6.07) is 7.78. The molecule has 0 amide bonds. The number of rotatable bonds is 3. The maximum absolute atomic E-state index is 10.3. The quantitative estimate of drug-likeness (QED) is 0.616. The minimum Gasteiger partial charge on any atom is -0.744 e. The Morgan fingerprint density at radius 3 is 1.94 bits per heavy atom. The summed E-state index contributed by atoms with van der Waals surface area (Å²) in [5.74, 6) is 0. The van der Waals surface area contributed by atoms with Crippen molar-refractivity contribution in [3.63, 3.8) is 0 Å². The van der Waals surface area contributed by atoms with E-state index in [1.165, 1.54) is 24.3 Å². The van der Waals surface area contributed by atoms with E-state index in [2.05, 4.69) is 27.2 Å². The monoisotopic (exact) mass is 260 g/mol. The Hall–Kier alpha value is -0.950. The number of aliphatic hydroxyl groups excluding tert-OH is 1. The van der Waals surface area contributed by atoms with Crippen molar-refractivity contribution in [1.29, 1.82) is 0 Å². The maximum atomic E-state index is 10.3. The molecule has 0 saturated heterocycles. The number of quaternary nitrogens is 1. The van der Waals surface area contributed by atoms with Crippen molar-refractivity contribution >= 4 is 10.1 Å². The Morgan fingerprint density at radius 1 is 1.29 bits per heavy atom. The molecule has 1 rings (SSSR count). The van der Waals surface area contributed by atoms with Gasteiger partial charge in [-0.3, -0.25) is 0 Å². The molecule has 0 atom stereocenters. The van der Waals surface area contributed by atoms with Gasteiger partial charge in [-0.1, -0.05) is 12.1 Å². The van der Waals surface area contributed by atoms with Crippen molar-refractivity contribution in [2.24, 2.45) is 0 Å². The molecule has 0 aliphatic carbocycles. The second kappa shape index (κ2) is 6.70. The standard InChI is InChI=1S/C6H5O3S.C5H14NO/c7-10(8,9)6-4-2-1-3-5-6;1-6(2,3)4-5-7/h2-5H,(H,7,8,9);7H,4-5H2,1-3H3/q;+1/p-1. The maximum Gasteiger partial charge on any atom is 0.124 e. The van der Waals surface area contributed by atoms with Crippen LogP contribution in [0.3, 0.4) is 0 Å². The van der Waals surface area contributed by atoms with Gasteiger partial charge in [-0.05, 0) is 18.2 Å². The molecule has 0 aliphatic rings. The van der Waals surface area contributed by atoms with E-state index in [4.69, 9.17) is 5.11 Å². The molecule has 17 heavy (non-hydrogen) atoms.